The van der Waals surface area contributed by atoms with Crippen molar-refractivity contribution >= 4 is 28.1 Å². The van der Waals surface area contributed by atoms with Crippen LogP contribution in [0.25, 0.3) is 0 Å². The number of hydrogen-bond acceptors (Lipinski definition) is 1. The maximum absolute atomic E-state index is 9.61. The van der Waals surface area contributed by atoms with Crippen LogP contribution in [-0.2, 0) is 0 Å². The normalized spacial score (nSPS) is 10.7. The Hall–Kier alpha value is -0.970. The first kappa shape index (κ1) is 13.5. The molecule has 2 aromatic carbocycles. The van der Waals surface area contributed by atoms with Crippen molar-refractivity contribution in [2.75, 3.05) is 0 Å². The summed E-state index contributed by atoms with van der Waals surface area (Å²) in [5, 5.41) is 9.61. The van der Waals surface area contributed by atoms with E-state index in [0.29, 0.717) is 5.75 Å². The zero-order valence-electron chi connectivity index (χ0n) is 11.2. The Morgan fingerprint density at radius 3 is 1.72 bits per heavy atom. The van der Waals surface area contributed by atoms with Gasteiger partial charge in [-0.25, -0.2) is 0 Å². The number of hydrogen-bond donors (Lipinski definition) is 1. The third kappa shape index (κ3) is 2.71. The van der Waals surface area contributed by atoms with Crippen LogP contribution in [0, 0.1) is 27.7 Å². The van der Waals surface area contributed by atoms with Crippen LogP contribution < -0.4 is 7.22 Å². The van der Waals surface area contributed by atoms with Gasteiger partial charge < -0.3 is 0 Å². The second kappa shape index (κ2) is 5.34. The first-order valence-electron chi connectivity index (χ1n) is 6.03. The van der Waals surface area contributed by atoms with Crippen molar-refractivity contribution in [2.24, 2.45) is 0 Å². The van der Waals surface area contributed by atoms with E-state index in [1.807, 2.05) is 12.1 Å². The molecule has 2 heteroatoms. The van der Waals surface area contributed by atoms with Gasteiger partial charge in [-0.05, 0) is 0 Å². The van der Waals surface area contributed by atoms with Crippen LogP contribution in [0.15, 0.2) is 30.3 Å². The molecular weight excluding hydrogens is 336 g/mol. The van der Waals surface area contributed by atoms with Gasteiger partial charge in [0, 0.05) is 0 Å². The Bertz CT molecular complexity index is 544. The third-order valence-corrected chi connectivity index (χ3v) is 7.90. The van der Waals surface area contributed by atoms with Crippen molar-refractivity contribution in [3.8, 4) is 5.75 Å². The molecule has 0 atom stereocenters. The summed E-state index contributed by atoms with van der Waals surface area (Å²) < 4.78 is 2.98. The Balaban J connectivity index is 2.47. The monoisotopic (exact) mass is 356 g/mol. The third-order valence-electron chi connectivity index (χ3n) is 3.06. The minimum atomic E-state index is -0.386. The zero-order valence-corrected chi connectivity index (χ0v) is 13.6. The van der Waals surface area contributed by atoms with Crippen molar-refractivity contribution in [1.82, 2.24) is 0 Å². The van der Waals surface area contributed by atoms with Crippen LogP contribution in [0.2, 0.25) is 0 Å². The Morgan fingerprint density at radius 1 is 0.778 bits per heavy atom. The van der Waals surface area contributed by atoms with Crippen LogP contribution in [0.3, 0.4) is 0 Å². The fourth-order valence-corrected chi connectivity index (χ4v) is 5.30. The van der Waals surface area contributed by atoms with E-state index in [9.17, 15) is 5.11 Å². The van der Waals surface area contributed by atoms with Gasteiger partial charge in [0.2, 0.25) is 0 Å². The standard InChI is InChI=1S/C16H18OTe/c1-10-6-5-7-11(2)15(10)18-16-12(3)8-14(17)9-13(16)4/h5-9,17H,1-4H3. The molecule has 0 bridgehead atoms. The summed E-state index contributed by atoms with van der Waals surface area (Å²) in [5.41, 5.74) is 5.23. The summed E-state index contributed by atoms with van der Waals surface area (Å²) in [4.78, 5) is 0. The van der Waals surface area contributed by atoms with Crippen LogP contribution in [-0.4, -0.2) is 26.0 Å². The summed E-state index contributed by atoms with van der Waals surface area (Å²) in [5.74, 6) is 0.378. The summed E-state index contributed by atoms with van der Waals surface area (Å²) in [6, 6.07) is 10.3. The molecule has 18 heavy (non-hydrogen) atoms. The average molecular weight is 354 g/mol. The van der Waals surface area contributed by atoms with Crippen molar-refractivity contribution in [3.05, 3.63) is 52.6 Å². The van der Waals surface area contributed by atoms with E-state index < -0.39 is 0 Å². The summed E-state index contributed by atoms with van der Waals surface area (Å²) in [6.07, 6.45) is 0. The number of phenolic OH excluding ortho intramolecular Hbond substituents is 1. The summed E-state index contributed by atoms with van der Waals surface area (Å²) >= 11 is -0.386. The van der Waals surface area contributed by atoms with Crippen LogP contribution in [0.5, 0.6) is 5.75 Å². The van der Waals surface area contributed by atoms with Crippen LogP contribution in [0.4, 0.5) is 0 Å². The van der Waals surface area contributed by atoms with Crippen molar-refractivity contribution in [3.63, 3.8) is 0 Å². The molecule has 0 radical (unpaired) electrons. The fourth-order valence-electron chi connectivity index (χ4n) is 2.15. The second-order valence-corrected chi connectivity index (χ2v) is 7.64. The number of benzene rings is 2. The predicted octanol–water partition coefficient (Wildman–Crippen LogP) is 2.28. The van der Waals surface area contributed by atoms with E-state index in [2.05, 4.69) is 45.9 Å². The molecule has 0 fully saturated rings. The molecular formula is C16H18OTe. The molecule has 0 aliphatic rings. The molecule has 0 aromatic heterocycles. The number of phenols is 1. The molecule has 0 aliphatic heterocycles. The maximum atomic E-state index is 9.61. The molecule has 0 heterocycles. The van der Waals surface area contributed by atoms with Gasteiger partial charge in [-0.3, -0.25) is 0 Å². The quantitative estimate of drug-likeness (QED) is 0.821. The molecule has 0 spiro atoms. The summed E-state index contributed by atoms with van der Waals surface area (Å²) in [7, 11) is 0. The Labute approximate surface area is 119 Å². The van der Waals surface area contributed by atoms with Gasteiger partial charge in [0.25, 0.3) is 0 Å². The second-order valence-electron chi connectivity index (χ2n) is 4.73. The van der Waals surface area contributed by atoms with Crippen LogP contribution in [0.1, 0.15) is 22.3 Å². The van der Waals surface area contributed by atoms with Gasteiger partial charge in [0.1, 0.15) is 0 Å². The molecule has 2 aromatic rings. The topological polar surface area (TPSA) is 20.2 Å². The SMILES string of the molecule is Cc1cccc(C)c1[Te]c1c(C)cc(O)cc1C. The van der Waals surface area contributed by atoms with E-state index in [1.54, 1.807) is 0 Å². The zero-order chi connectivity index (χ0) is 13.3. The van der Waals surface area contributed by atoms with Gasteiger partial charge >= 0.3 is 119 Å². The molecule has 0 unspecified atom stereocenters. The Morgan fingerprint density at radius 2 is 1.22 bits per heavy atom. The van der Waals surface area contributed by atoms with E-state index in [4.69, 9.17) is 0 Å². The van der Waals surface area contributed by atoms with Crippen molar-refractivity contribution < 1.29 is 5.11 Å². The van der Waals surface area contributed by atoms with Crippen LogP contribution >= 0.6 is 0 Å². The first-order valence-corrected chi connectivity index (χ1v) is 8.36. The predicted molar refractivity (Wildman–Crippen MR) is 78.5 cm³/mol. The fraction of sp³-hybridized carbons (Fsp3) is 0.250. The number of aromatic hydroxyl groups is 1. The number of aryl methyl sites for hydroxylation is 4. The number of rotatable bonds is 2. The van der Waals surface area contributed by atoms with E-state index in [0.717, 1.165) is 0 Å². The molecule has 1 nitrogen and oxygen atoms in total. The van der Waals surface area contributed by atoms with Gasteiger partial charge in [0.15, 0.2) is 0 Å². The van der Waals surface area contributed by atoms with Gasteiger partial charge in [0.05, 0.1) is 0 Å². The van der Waals surface area contributed by atoms with Gasteiger partial charge in [-0.1, -0.05) is 0 Å². The molecule has 1 N–H and O–H groups in total. The molecule has 0 saturated heterocycles. The van der Waals surface area contributed by atoms with Gasteiger partial charge in [-0.15, -0.1) is 0 Å². The summed E-state index contributed by atoms with van der Waals surface area (Å²) in [6.45, 7) is 8.58. The van der Waals surface area contributed by atoms with E-state index in [1.165, 1.54) is 29.5 Å². The van der Waals surface area contributed by atoms with Crippen molar-refractivity contribution in [2.45, 2.75) is 27.7 Å². The minimum absolute atomic E-state index is 0.378. The van der Waals surface area contributed by atoms with E-state index in [-0.39, 0.29) is 20.9 Å². The first-order chi connectivity index (χ1) is 8.49. The molecule has 0 aliphatic carbocycles. The van der Waals surface area contributed by atoms with Gasteiger partial charge in [-0.2, -0.15) is 0 Å². The van der Waals surface area contributed by atoms with E-state index >= 15 is 0 Å². The average Bonchev–Trinajstić information content (AvgIpc) is 2.26. The molecule has 94 valence electrons. The Kier molecular flexibility index (Phi) is 4.00. The molecule has 0 amide bonds. The van der Waals surface area contributed by atoms with Crippen molar-refractivity contribution in [1.29, 1.82) is 0 Å². The molecule has 2 rings (SSSR count). The molecule has 0 saturated carbocycles.